The Labute approximate surface area is 150 Å². The summed E-state index contributed by atoms with van der Waals surface area (Å²) in [5.41, 5.74) is 2.85. The molecule has 5 heteroatoms. The number of nitrogens with zero attached hydrogens (tertiary/aromatic N) is 1. The van der Waals surface area contributed by atoms with Gasteiger partial charge in [0.25, 0.3) is 0 Å². The maximum absolute atomic E-state index is 5.88. The van der Waals surface area contributed by atoms with Crippen LogP contribution in [0.5, 0.6) is 5.75 Å². The van der Waals surface area contributed by atoms with Gasteiger partial charge in [-0.15, -0.1) is 0 Å². The molecule has 1 aromatic rings. The molecule has 2 heterocycles. The van der Waals surface area contributed by atoms with Crippen LogP contribution in [0.4, 0.5) is 0 Å². The predicted molar refractivity (Wildman–Crippen MR) is 99.3 cm³/mol. The molecule has 3 atom stereocenters. The number of guanidine groups is 1. The van der Waals surface area contributed by atoms with Gasteiger partial charge in [-0.25, -0.2) is 0 Å². The Bertz CT molecular complexity index is 671. The van der Waals surface area contributed by atoms with E-state index in [-0.39, 0.29) is 5.41 Å². The Kier molecular flexibility index (Phi) is 4.36. The van der Waals surface area contributed by atoms with Gasteiger partial charge in [-0.2, -0.15) is 0 Å². The molecule has 1 saturated carbocycles. The van der Waals surface area contributed by atoms with Crippen molar-refractivity contribution in [1.29, 1.82) is 0 Å². The van der Waals surface area contributed by atoms with E-state index in [2.05, 4.69) is 47.7 Å². The van der Waals surface area contributed by atoms with Crippen molar-refractivity contribution in [1.82, 2.24) is 10.6 Å². The molecule has 136 valence electrons. The van der Waals surface area contributed by atoms with E-state index in [1.54, 1.807) is 0 Å². The molecule has 0 aromatic heterocycles. The third-order valence-electron chi connectivity index (χ3n) is 6.08. The zero-order chi connectivity index (χ0) is 17.4. The fourth-order valence-corrected chi connectivity index (χ4v) is 4.68. The van der Waals surface area contributed by atoms with E-state index >= 15 is 0 Å². The van der Waals surface area contributed by atoms with Crippen LogP contribution in [0, 0.1) is 11.3 Å². The summed E-state index contributed by atoms with van der Waals surface area (Å²) < 4.78 is 11.5. The molecule has 1 aliphatic carbocycles. The fraction of sp³-hybridized carbons (Fsp3) is 0.650. The van der Waals surface area contributed by atoms with Crippen LogP contribution >= 0.6 is 0 Å². The molecule has 2 N–H and O–H groups in total. The van der Waals surface area contributed by atoms with E-state index < -0.39 is 0 Å². The van der Waals surface area contributed by atoms with Gasteiger partial charge < -0.3 is 20.1 Å². The van der Waals surface area contributed by atoms with Gasteiger partial charge in [-0.05, 0) is 30.0 Å². The van der Waals surface area contributed by atoms with Crippen LogP contribution in [0.1, 0.15) is 31.4 Å². The second-order valence-corrected chi connectivity index (χ2v) is 7.98. The highest BCUT2D eigenvalue weighted by molar-refractivity contribution is 5.80. The van der Waals surface area contributed by atoms with E-state index in [1.165, 1.54) is 11.1 Å². The number of benzene rings is 1. The van der Waals surface area contributed by atoms with Gasteiger partial charge in [0.1, 0.15) is 5.75 Å². The second kappa shape index (κ2) is 6.52. The highest BCUT2D eigenvalue weighted by Gasteiger charge is 2.59. The second-order valence-electron chi connectivity index (χ2n) is 7.98. The van der Waals surface area contributed by atoms with Crippen LogP contribution in [-0.4, -0.2) is 44.9 Å². The molecule has 5 nitrogen and oxygen atoms in total. The minimum Gasteiger partial charge on any atom is -0.493 e. The third-order valence-corrected chi connectivity index (χ3v) is 6.08. The van der Waals surface area contributed by atoms with Crippen LogP contribution in [0.2, 0.25) is 0 Å². The van der Waals surface area contributed by atoms with Gasteiger partial charge in [0.05, 0.1) is 12.7 Å². The van der Waals surface area contributed by atoms with Gasteiger partial charge >= 0.3 is 0 Å². The standard InChI is InChI=1S/C20H29N3O2/c1-20(2)17(15-8-11-25-18(15)20)23-19(21-3)22-9-6-13-4-5-16-14(12-13)7-10-24-16/h4-5,12,15,17-18H,6-11H2,1-3H3,(H2,21,22,23). The molecule has 0 spiro atoms. The van der Waals surface area contributed by atoms with E-state index in [9.17, 15) is 0 Å². The summed E-state index contributed by atoms with van der Waals surface area (Å²) in [6.07, 6.45) is 3.56. The highest BCUT2D eigenvalue weighted by Crippen LogP contribution is 2.52. The van der Waals surface area contributed by atoms with Crippen molar-refractivity contribution in [2.24, 2.45) is 16.3 Å². The molecule has 2 fully saturated rings. The fourth-order valence-electron chi connectivity index (χ4n) is 4.68. The minimum absolute atomic E-state index is 0.165. The molecule has 2 aliphatic heterocycles. The Morgan fingerprint density at radius 1 is 1.32 bits per heavy atom. The molecule has 4 rings (SSSR count). The van der Waals surface area contributed by atoms with Crippen molar-refractivity contribution in [3.05, 3.63) is 29.3 Å². The van der Waals surface area contributed by atoms with Gasteiger partial charge in [0, 0.05) is 44.0 Å². The van der Waals surface area contributed by atoms with Crippen molar-refractivity contribution in [3.8, 4) is 5.75 Å². The topological polar surface area (TPSA) is 54.9 Å². The molecule has 0 radical (unpaired) electrons. The third kappa shape index (κ3) is 2.99. The molecule has 25 heavy (non-hydrogen) atoms. The molecular formula is C20H29N3O2. The average molecular weight is 343 g/mol. The zero-order valence-corrected chi connectivity index (χ0v) is 15.5. The maximum atomic E-state index is 5.88. The van der Waals surface area contributed by atoms with Crippen molar-refractivity contribution in [2.75, 3.05) is 26.8 Å². The largest absolute Gasteiger partial charge is 0.493 e. The van der Waals surface area contributed by atoms with Crippen LogP contribution < -0.4 is 15.4 Å². The summed E-state index contributed by atoms with van der Waals surface area (Å²) in [6, 6.07) is 6.97. The Hall–Kier alpha value is -1.75. The highest BCUT2D eigenvalue weighted by atomic mass is 16.5. The minimum atomic E-state index is 0.165. The SMILES string of the molecule is CN=C(NCCc1ccc2c(c1)CCO2)NC1C2CCOC2C1(C)C. The number of hydrogen-bond acceptors (Lipinski definition) is 3. The Morgan fingerprint density at radius 2 is 2.20 bits per heavy atom. The number of fused-ring (bicyclic) bond motifs is 2. The number of hydrogen-bond donors (Lipinski definition) is 2. The summed E-state index contributed by atoms with van der Waals surface area (Å²) >= 11 is 0. The molecule has 3 aliphatic rings. The zero-order valence-electron chi connectivity index (χ0n) is 15.5. The van der Waals surface area contributed by atoms with Gasteiger partial charge in [-0.3, -0.25) is 4.99 Å². The molecule has 0 amide bonds. The summed E-state index contributed by atoms with van der Waals surface area (Å²) in [5, 5.41) is 7.10. The van der Waals surface area contributed by atoms with E-state index in [4.69, 9.17) is 9.47 Å². The van der Waals surface area contributed by atoms with Crippen LogP contribution in [-0.2, 0) is 17.6 Å². The monoisotopic (exact) mass is 343 g/mol. The lowest BCUT2D eigenvalue weighted by Gasteiger charge is -2.54. The van der Waals surface area contributed by atoms with Gasteiger partial charge in [-0.1, -0.05) is 26.0 Å². The normalized spacial score (nSPS) is 29.4. The van der Waals surface area contributed by atoms with Crippen molar-refractivity contribution < 1.29 is 9.47 Å². The summed E-state index contributed by atoms with van der Waals surface area (Å²) in [7, 11) is 1.84. The van der Waals surface area contributed by atoms with Crippen molar-refractivity contribution in [3.63, 3.8) is 0 Å². The van der Waals surface area contributed by atoms with Crippen LogP contribution in [0.25, 0.3) is 0 Å². The molecule has 1 saturated heterocycles. The van der Waals surface area contributed by atoms with Crippen molar-refractivity contribution >= 4 is 5.96 Å². The van der Waals surface area contributed by atoms with E-state index in [1.807, 2.05) is 7.05 Å². The molecule has 0 bridgehead atoms. The number of ether oxygens (including phenoxy) is 2. The molecule has 3 unspecified atom stereocenters. The first-order valence-corrected chi connectivity index (χ1v) is 9.43. The first-order chi connectivity index (χ1) is 12.1. The number of aliphatic imine (C=N–C) groups is 1. The lowest BCUT2D eigenvalue weighted by Crippen LogP contribution is -2.68. The Balaban J connectivity index is 1.30. The first-order valence-electron chi connectivity index (χ1n) is 9.43. The van der Waals surface area contributed by atoms with Gasteiger partial charge in [0.2, 0.25) is 0 Å². The smallest absolute Gasteiger partial charge is 0.191 e. The van der Waals surface area contributed by atoms with Crippen molar-refractivity contribution in [2.45, 2.75) is 45.3 Å². The summed E-state index contributed by atoms with van der Waals surface area (Å²) in [4.78, 5) is 4.41. The number of nitrogens with one attached hydrogen (secondary N) is 2. The van der Waals surface area contributed by atoms with E-state index in [0.717, 1.165) is 50.7 Å². The van der Waals surface area contributed by atoms with Gasteiger partial charge in [0.15, 0.2) is 5.96 Å². The van der Waals surface area contributed by atoms with Crippen LogP contribution in [0.15, 0.2) is 23.2 Å². The first kappa shape index (κ1) is 16.7. The van der Waals surface area contributed by atoms with Crippen LogP contribution in [0.3, 0.4) is 0 Å². The Morgan fingerprint density at radius 3 is 3.04 bits per heavy atom. The maximum Gasteiger partial charge on any atom is 0.191 e. The summed E-state index contributed by atoms with van der Waals surface area (Å²) in [5.74, 6) is 2.56. The lowest BCUT2D eigenvalue weighted by atomic mass is 9.57. The summed E-state index contributed by atoms with van der Waals surface area (Å²) in [6.45, 7) is 7.16. The number of rotatable bonds is 4. The lowest BCUT2D eigenvalue weighted by molar-refractivity contribution is -0.106. The predicted octanol–water partition coefficient (Wildman–Crippen LogP) is 2.14. The molecule has 1 aromatic carbocycles. The quantitative estimate of drug-likeness (QED) is 0.650. The molecular weight excluding hydrogens is 314 g/mol. The van der Waals surface area contributed by atoms with E-state index in [0.29, 0.717) is 18.1 Å². The average Bonchev–Trinajstić information content (AvgIpc) is 3.25.